The van der Waals surface area contributed by atoms with Gasteiger partial charge >= 0.3 is 0 Å². The third-order valence-electron chi connectivity index (χ3n) is 3.50. The highest BCUT2D eigenvalue weighted by Gasteiger charge is 2.09. The van der Waals surface area contributed by atoms with E-state index < -0.39 is 0 Å². The fourth-order valence-electron chi connectivity index (χ4n) is 2.35. The van der Waals surface area contributed by atoms with Crippen LogP contribution in [0.1, 0.15) is 19.4 Å². The lowest BCUT2D eigenvalue weighted by Gasteiger charge is -2.13. The summed E-state index contributed by atoms with van der Waals surface area (Å²) in [5.41, 5.74) is 3.48. The third-order valence-corrected chi connectivity index (χ3v) is 3.93. The first-order chi connectivity index (χ1) is 12.0. The molecule has 0 aliphatic carbocycles. The van der Waals surface area contributed by atoms with Crippen molar-refractivity contribution in [3.8, 4) is 11.4 Å². The quantitative estimate of drug-likeness (QED) is 0.671. The third kappa shape index (κ3) is 4.45. The van der Waals surface area contributed by atoms with E-state index >= 15 is 0 Å². The van der Waals surface area contributed by atoms with Gasteiger partial charge in [0.2, 0.25) is 5.95 Å². The molecule has 0 radical (unpaired) electrons. The number of hydrogen-bond acceptors (Lipinski definition) is 5. The Bertz CT molecular complexity index is 865. The minimum atomic E-state index is 0.226. The van der Waals surface area contributed by atoms with E-state index in [2.05, 4.69) is 25.6 Å². The second-order valence-corrected chi connectivity index (χ2v) is 6.47. The molecule has 0 spiro atoms. The molecular weight excluding hydrogens is 334 g/mol. The molecule has 6 heteroatoms. The second kappa shape index (κ2) is 7.49. The molecule has 128 valence electrons. The maximum atomic E-state index is 6.10. The lowest BCUT2D eigenvalue weighted by molar-refractivity contribution is 0.875. The van der Waals surface area contributed by atoms with Gasteiger partial charge in [0, 0.05) is 29.0 Å². The minimum Gasteiger partial charge on any atom is -0.352 e. The monoisotopic (exact) mass is 353 g/mol. The van der Waals surface area contributed by atoms with Gasteiger partial charge in [-0.2, -0.15) is 4.98 Å². The van der Waals surface area contributed by atoms with Crippen molar-refractivity contribution >= 4 is 29.1 Å². The first kappa shape index (κ1) is 17.2. The number of nitrogens with zero attached hydrogens (tertiary/aromatic N) is 3. The van der Waals surface area contributed by atoms with Crippen LogP contribution >= 0.6 is 11.6 Å². The zero-order valence-corrected chi connectivity index (χ0v) is 15.2. The molecule has 3 aromatic rings. The molecule has 1 aromatic carbocycles. The lowest BCUT2D eigenvalue weighted by atomic mass is 10.2. The summed E-state index contributed by atoms with van der Waals surface area (Å²) in [6.45, 7) is 6.07. The van der Waals surface area contributed by atoms with Crippen LogP contribution in [0.5, 0.6) is 0 Å². The Morgan fingerprint density at radius 1 is 1.00 bits per heavy atom. The fraction of sp³-hybridized carbons (Fsp3) is 0.211. The van der Waals surface area contributed by atoms with Gasteiger partial charge in [-0.05, 0) is 56.7 Å². The molecule has 2 N–H and O–H groups in total. The number of rotatable bonds is 5. The predicted molar refractivity (Wildman–Crippen MR) is 103 cm³/mol. The zero-order valence-electron chi connectivity index (χ0n) is 14.4. The smallest absolute Gasteiger partial charge is 0.225 e. The molecule has 0 aliphatic heterocycles. The fourth-order valence-corrected chi connectivity index (χ4v) is 2.47. The van der Waals surface area contributed by atoms with Crippen LogP contribution in [0.2, 0.25) is 5.02 Å². The summed E-state index contributed by atoms with van der Waals surface area (Å²) in [6, 6.07) is 13.6. The van der Waals surface area contributed by atoms with E-state index in [1.807, 2.05) is 63.2 Å². The predicted octanol–water partition coefficient (Wildman–Crippen LogP) is 5.06. The summed E-state index contributed by atoms with van der Waals surface area (Å²) in [5, 5.41) is 7.31. The molecule has 0 atom stereocenters. The van der Waals surface area contributed by atoms with E-state index in [1.54, 1.807) is 6.20 Å². The maximum Gasteiger partial charge on any atom is 0.225 e. The Balaban J connectivity index is 1.98. The van der Waals surface area contributed by atoms with Crippen molar-refractivity contribution in [2.75, 3.05) is 10.6 Å². The van der Waals surface area contributed by atoms with E-state index in [-0.39, 0.29) is 6.04 Å². The Kier molecular flexibility index (Phi) is 5.14. The molecule has 0 bridgehead atoms. The Morgan fingerprint density at radius 3 is 2.52 bits per heavy atom. The largest absolute Gasteiger partial charge is 0.352 e. The van der Waals surface area contributed by atoms with E-state index in [0.29, 0.717) is 11.8 Å². The molecule has 25 heavy (non-hydrogen) atoms. The highest BCUT2D eigenvalue weighted by atomic mass is 35.5. The van der Waals surface area contributed by atoms with E-state index in [1.165, 1.54) is 0 Å². The summed E-state index contributed by atoms with van der Waals surface area (Å²) in [4.78, 5) is 13.5. The van der Waals surface area contributed by atoms with Crippen molar-refractivity contribution in [1.82, 2.24) is 15.0 Å². The molecular formula is C19H20ClN5. The zero-order chi connectivity index (χ0) is 17.8. The van der Waals surface area contributed by atoms with Gasteiger partial charge in [0.1, 0.15) is 5.82 Å². The van der Waals surface area contributed by atoms with Crippen LogP contribution in [0.3, 0.4) is 0 Å². The van der Waals surface area contributed by atoms with Crippen LogP contribution in [-0.2, 0) is 0 Å². The lowest BCUT2D eigenvalue weighted by Crippen LogP contribution is -2.13. The van der Waals surface area contributed by atoms with Crippen molar-refractivity contribution in [3.05, 3.63) is 59.2 Å². The highest BCUT2D eigenvalue weighted by Crippen LogP contribution is 2.25. The Labute approximate surface area is 152 Å². The summed E-state index contributed by atoms with van der Waals surface area (Å²) < 4.78 is 0. The van der Waals surface area contributed by atoms with Crippen molar-refractivity contribution in [1.29, 1.82) is 0 Å². The molecule has 0 saturated carbocycles. The van der Waals surface area contributed by atoms with Crippen LogP contribution in [-0.4, -0.2) is 21.0 Å². The van der Waals surface area contributed by atoms with Crippen molar-refractivity contribution in [3.63, 3.8) is 0 Å². The first-order valence-corrected chi connectivity index (χ1v) is 8.49. The number of halogens is 1. The average Bonchev–Trinajstić information content (AvgIpc) is 2.58. The number of aromatic nitrogens is 3. The summed E-state index contributed by atoms with van der Waals surface area (Å²) in [5.74, 6) is 1.26. The van der Waals surface area contributed by atoms with Gasteiger partial charge in [-0.3, -0.25) is 4.98 Å². The summed E-state index contributed by atoms with van der Waals surface area (Å²) in [6.07, 6.45) is 1.75. The topological polar surface area (TPSA) is 62.7 Å². The highest BCUT2D eigenvalue weighted by molar-refractivity contribution is 6.31. The van der Waals surface area contributed by atoms with E-state index in [4.69, 9.17) is 11.6 Å². The van der Waals surface area contributed by atoms with E-state index in [0.717, 1.165) is 27.7 Å². The molecule has 2 heterocycles. The number of anilines is 3. The van der Waals surface area contributed by atoms with Gasteiger partial charge in [0.25, 0.3) is 0 Å². The molecule has 2 aromatic heterocycles. The van der Waals surface area contributed by atoms with Gasteiger partial charge in [-0.1, -0.05) is 17.7 Å². The second-order valence-electron chi connectivity index (χ2n) is 6.07. The van der Waals surface area contributed by atoms with Gasteiger partial charge in [0.15, 0.2) is 0 Å². The number of pyridine rings is 1. The molecule has 0 unspecified atom stereocenters. The normalized spacial score (nSPS) is 10.8. The average molecular weight is 354 g/mol. The Morgan fingerprint density at radius 2 is 1.84 bits per heavy atom. The molecule has 5 nitrogen and oxygen atoms in total. The number of hydrogen-bond donors (Lipinski definition) is 2. The van der Waals surface area contributed by atoms with Crippen LogP contribution < -0.4 is 10.6 Å². The van der Waals surface area contributed by atoms with Crippen molar-refractivity contribution in [2.24, 2.45) is 0 Å². The number of benzene rings is 1. The van der Waals surface area contributed by atoms with Gasteiger partial charge in [0.05, 0.1) is 11.4 Å². The molecule has 0 fully saturated rings. The standard InChI is InChI=1S/C19H20ClN5/c1-12(2)22-19-24-17(16-6-4-5-9-21-16)11-18(25-19)23-14-7-8-15(20)13(3)10-14/h4-12H,1-3H3,(H2,22,23,24,25). The van der Waals surface area contributed by atoms with Crippen LogP contribution in [0.4, 0.5) is 17.5 Å². The Hall–Kier alpha value is -2.66. The minimum absolute atomic E-state index is 0.226. The molecule has 3 rings (SSSR count). The van der Waals surface area contributed by atoms with Gasteiger partial charge in [-0.25, -0.2) is 4.98 Å². The SMILES string of the molecule is Cc1cc(Nc2cc(-c3ccccn3)nc(NC(C)C)n2)ccc1Cl. The van der Waals surface area contributed by atoms with Crippen LogP contribution in [0.15, 0.2) is 48.7 Å². The maximum absolute atomic E-state index is 6.10. The summed E-state index contributed by atoms with van der Waals surface area (Å²) >= 11 is 6.10. The van der Waals surface area contributed by atoms with Crippen molar-refractivity contribution < 1.29 is 0 Å². The van der Waals surface area contributed by atoms with E-state index in [9.17, 15) is 0 Å². The number of aryl methyl sites for hydroxylation is 1. The van der Waals surface area contributed by atoms with Crippen LogP contribution in [0.25, 0.3) is 11.4 Å². The van der Waals surface area contributed by atoms with Crippen molar-refractivity contribution in [2.45, 2.75) is 26.8 Å². The molecule has 0 saturated heterocycles. The first-order valence-electron chi connectivity index (χ1n) is 8.11. The number of nitrogens with one attached hydrogen (secondary N) is 2. The van der Waals surface area contributed by atoms with Gasteiger partial charge in [-0.15, -0.1) is 0 Å². The van der Waals surface area contributed by atoms with Crippen LogP contribution in [0, 0.1) is 6.92 Å². The van der Waals surface area contributed by atoms with Gasteiger partial charge < -0.3 is 10.6 Å². The molecule has 0 amide bonds. The molecule has 0 aliphatic rings. The summed E-state index contributed by atoms with van der Waals surface area (Å²) in [7, 11) is 0.